The van der Waals surface area contributed by atoms with E-state index in [0.717, 1.165) is 38.4 Å². The van der Waals surface area contributed by atoms with Crippen LogP contribution in [0.1, 0.15) is 112 Å². The normalized spacial score (nSPS) is 14.9. The van der Waals surface area contributed by atoms with Gasteiger partial charge in [0.05, 0.1) is 56.4 Å². The molecule has 0 aromatic heterocycles. The van der Waals surface area contributed by atoms with Crippen LogP contribution in [0.15, 0.2) is 91.0 Å². The number of hydrogen-bond donors (Lipinski definition) is 6. The summed E-state index contributed by atoms with van der Waals surface area (Å²) in [7, 11) is 3.46. The van der Waals surface area contributed by atoms with Crippen molar-refractivity contribution in [2.24, 2.45) is 17.8 Å². The summed E-state index contributed by atoms with van der Waals surface area (Å²) < 4.78 is 11.3. The summed E-state index contributed by atoms with van der Waals surface area (Å²) in [5, 5.41) is 21.1. The van der Waals surface area contributed by atoms with Gasteiger partial charge in [-0.1, -0.05) is 114 Å². The van der Waals surface area contributed by atoms with Crippen molar-refractivity contribution in [3.63, 3.8) is 0 Å². The van der Waals surface area contributed by atoms with E-state index in [1.54, 1.807) is 46.9 Å². The Labute approximate surface area is 481 Å². The van der Waals surface area contributed by atoms with E-state index in [4.69, 9.17) is 9.47 Å². The minimum Gasteiger partial charge on any atom is -0.496 e. The van der Waals surface area contributed by atoms with E-state index in [-0.39, 0.29) is 86.4 Å². The fourth-order valence-electron chi connectivity index (χ4n) is 10.8. The molecule has 5 aromatic rings. The van der Waals surface area contributed by atoms with Crippen molar-refractivity contribution in [3.05, 3.63) is 113 Å². The van der Waals surface area contributed by atoms with Crippen molar-refractivity contribution in [1.82, 2.24) is 41.7 Å². The molecule has 1 aliphatic heterocycles. The van der Waals surface area contributed by atoms with Gasteiger partial charge in [-0.25, -0.2) is 4.79 Å². The van der Waals surface area contributed by atoms with E-state index in [2.05, 4.69) is 31.9 Å². The number of ether oxygens (including phenoxy) is 2. The van der Waals surface area contributed by atoms with E-state index >= 15 is 0 Å². The van der Waals surface area contributed by atoms with Crippen LogP contribution in [-0.2, 0) is 28.7 Å². The molecule has 0 bridgehead atoms. The molecule has 4 amide bonds. The highest BCUT2D eigenvalue weighted by atomic mass is 16.5. The van der Waals surface area contributed by atoms with Crippen LogP contribution < -0.4 is 36.6 Å². The number of rotatable bonds is 32. The van der Waals surface area contributed by atoms with Crippen LogP contribution in [0.4, 0.5) is 4.79 Å². The van der Waals surface area contributed by atoms with Crippen LogP contribution in [0.25, 0.3) is 32.7 Å². The van der Waals surface area contributed by atoms with Gasteiger partial charge in [0.15, 0.2) is 23.1 Å². The molecule has 1 aliphatic carbocycles. The second-order valence-corrected chi connectivity index (χ2v) is 23.0. The average molecular weight is 1120 g/mol. The minimum atomic E-state index is -1.02. The number of alkyl carbamates (subject to hydrolysis) is 1. The topological polar surface area (TPSA) is 234 Å². The number of ketones is 4. The molecule has 5 aromatic carbocycles. The highest BCUT2D eigenvalue weighted by Gasteiger charge is 2.36. The van der Waals surface area contributed by atoms with Gasteiger partial charge in [0.25, 0.3) is 11.8 Å². The summed E-state index contributed by atoms with van der Waals surface area (Å²) in [6, 6.07) is 25.1. The first-order valence-corrected chi connectivity index (χ1v) is 28.7. The minimum absolute atomic E-state index is 0.0156. The molecule has 2 aliphatic rings. The summed E-state index contributed by atoms with van der Waals surface area (Å²) in [6.07, 6.45) is -0.472. The van der Waals surface area contributed by atoms with Crippen molar-refractivity contribution < 1.29 is 47.8 Å². The predicted molar refractivity (Wildman–Crippen MR) is 318 cm³/mol. The number of methoxy groups -OCH3 is 1. The lowest BCUT2D eigenvalue weighted by atomic mass is 9.89. The van der Waals surface area contributed by atoms with E-state index in [1.165, 1.54) is 4.90 Å². The van der Waals surface area contributed by atoms with Gasteiger partial charge >= 0.3 is 6.09 Å². The monoisotopic (exact) mass is 1120 g/mol. The Bertz CT molecular complexity index is 3110. The van der Waals surface area contributed by atoms with Gasteiger partial charge < -0.3 is 35.6 Å². The molecule has 18 nitrogen and oxygen atoms in total. The van der Waals surface area contributed by atoms with E-state index in [0.29, 0.717) is 48.3 Å². The first-order valence-electron chi connectivity index (χ1n) is 28.7. The van der Waals surface area contributed by atoms with Crippen molar-refractivity contribution in [2.45, 2.75) is 111 Å². The molecule has 0 saturated carbocycles. The van der Waals surface area contributed by atoms with Gasteiger partial charge in [0, 0.05) is 55.1 Å². The zero-order valence-electron chi connectivity index (χ0n) is 49.1. The van der Waals surface area contributed by atoms with Crippen LogP contribution in [0.5, 0.6) is 5.75 Å². The standard InChI is InChI=1S/C64H82N8O10/c1-37(2)29-51(68-36-67-41(8)55(75)33-65-25-26-71(9)27-28-72-62(78)48-23-24-57(81-10)49-31-42-17-11-12-18-43(42)59(58(48)49)63(72)79)56(76)34-66-40(7)53(73)32-54(74)52(30-38(3)4)69-61(77)60(39(5)6)70-64(80)82-35-50-46-21-15-13-19-44(46)45-20-14-16-22-47(45)50/h11-24,31,37-41,50-52,60,65-68H,25-30,32-36H2,1-10H3,(H,69,77)(H,70,80)/t40-,41-,51-,52-,60-/m0/s1. The van der Waals surface area contributed by atoms with Crippen LogP contribution in [-0.4, -0.2) is 154 Å². The lowest BCUT2D eigenvalue weighted by Gasteiger charge is -2.30. The molecule has 0 saturated heterocycles. The Kier molecular flexibility index (Phi) is 21.8. The molecule has 0 fully saturated rings. The summed E-state index contributed by atoms with van der Waals surface area (Å²) in [5.74, 6) is -2.25. The van der Waals surface area contributed by atoms with Gasteiger partial charge in [-0.3, -0.25) is 49.1 Å². The third kappa shape index (κ3) is 15.3. The second kappa shape index (κ2) is 28.7. The Balaban J connectivity index is 0.811. The van der Waals surface area contributed by atoms with Crippen molar-refractivity contribution in [3.8, 4) is 16.9 Å². The summed E-state index contributed by atoms with van der Waals surface area (Å²) >= 11 is 0. The number of carbonyl (C=O) groups excluding carboxylic acids is 8. The molecule has 18 heteroatoms. The smallest absolute Gasteiger partial charge is 0.407 e. The lowest BCUT2D eigenvalue weighted by molar-refractivity contribution is -0.133. The number of nitrogens with zero attached hydrogens (tertiary/aromatic N) is 2. The Morgan fingerprint density at radius 1 is 0.634 bits per heavy atom. The van der Waals surface area contributed by atoms with Gasteiger partial charge in [-0.05, 0) is 103 Å². The van der Waals surface area contributed by atoms with Crippen LogP contribution in [0.2, 0.25) is 0 Å². The van der Waals surface area contributed by atoms with Gasteiger partial charge in [0.2, 0.25) is 5.91 Å². The first kappa shape index (κ1) is 62.4. The van der Waals surface area contributed by atoms with Crippen molar-refractivity contribution in [1.29, 1.82) is 0 Å². The molecule has 438 valence electrons. The maximum Gasteiger partial charge on any atom is 0.407 e. The number of fused-ring (bicyclic) bond motifs is 5. The third-order valence-electron chi connectivity index (χ3n) is 15.5. The fraction of sp³-hybridized carbons (Fsp3) is 0.469. The molecule has 0 spiro atoms. The highest BCUT2D eigenvalue weighted by Crippen LogP contribution is 2.45. The van der Waals surface area contributed by atoms with Crippen LogP contribution in [0.3, 0.4) is 0 Å². The van der Waals surface area contributed by atoms with E-state index in [1.807, 2.05) is 119 Å². The molecule has 1 heterocycles. The molecule has 0 unspecified atom stereocenters. The molecular weight excluding hydrogens is 1040 g/mol. The molecule has 82 heavy (non-hydrogen) atoms. The first-order chi connectivity index (χ1) is 39.2. The lowest BCUT2D eigenvalue weighted by Crippen LogP contribution is -2.54. The fourth-order valence-corrected chi connectivity index (χ4v) is 10.8. The number of carbonyl (C=O) groups is 8. The maximum atomic E-state index is 14.0. The number of amides is 4. The second-order valence-electron chi connectivity index (χ2n) is 23.0. The van der Waals surface area contributed by atoms with Gasteiger partial charge in [-0.2, -0.15) is 0 Å². The zero-order chi connectivity index (χ0) is 59.4. The summed E-state index contributed by atoms with van der Waals surface area (Å²) in [4.78, 5) is 112. The van der Waals surface area contributed by atoms with Gasteiger partial charge in [0.1, 0.15) is 18.4 Å². The number of likely N-dealkylation sites (N-methyl/N-ethyl adjacent to an activating group) is 1. The Morgan fingerprint density at radius 2 is 1.27 bits per heavy atom. The molecule has 7 rings (SSSR count). The summed E-state index contributed by atoms with van der Waals surface area (Å²) in [5.41, 5.74) is 5.25. The molecule has 0 radical (unpaired) electrons. The van der Waals surface area contributed by atoms with Crippen LogP contribution in [0, 0.1) is 17.8 Å². The summed E-state index contributed by atoms with van der Waals surface area (Å²) in [6.45, 7) is 16.5. The number of imide groups is 1. The van der Waals surface area contributed by atoms with Crippen molar-refractivity contribution in [2.75, 3.05) is 66.7 Å². The number of Topliss-reactive ketones (excluding diaryl/α,β-unsaturated/α-hetero) is 4. The van der Waals surface area contributed by atoms with E-state index in [9.17, 15) is 38.4 Å². The highest BCUT2D eigenvalue weighted by molar-refractivity contribution is 6.31. The zero-order valence-corrected chi connectivity index (χ0v) is 49.1. The third-order valence-corrected chi connectivity index (χ3v) is 15.5. The molecular formula is C64H82N8O10. The molecule has 5 atom stereocenters. The Morgan fingerprint density at radius 3 is 1.93 bits per heavy atom. The number of hydrogen-bond acceptors (Lipinski definition) is 15. The van der Waals surface area contributed by atoms with E-state index < -0.39 is 60.2 Å². The van der Waals surface area contributed by atoms with Crippen LogP contribution >= 0.6 is 0 Å². The maximum absolute atomic E-state index is 14.0. The Hall–Kier alpha value is -7.22. The largest absolute Gasteiger partial charge is 0.496 e. The average Bonchev–Trinajstić information content (AvgIpc) is 1.94. The predicted octanol–water partition coefficient (Wildman–Crippen LogP) is 6.80. The number of nitrogens with one attached hydrogen (secondary N) is 6. The number of benzene rings is 5. The quantitative estimate of drug-likeness (QED) is 0.00855. The SMILES string of the molecule is COc1ccc2c3c(c4ccccc4cc13)C(=O)N(CCN(C)CCNCC(=O)[C@H](C)NCN[C@@H](CC(C)C)C(=O)CN[C@@H](C)C(=O)CC(=O)[C@H](CC(C)C)NC(=O)[C@@H](NC(=O)OCC1c3ccccc3-c3ccccc31)C(C)C)C2=O. The van der Waals surface area contributed by atoms with Crippen molar-refractivity contribution >= 4 is 68.5 Å². The van der Waals surface area contributed by atoms with Gasteiger partial charge in [-0.15, -0.1) is 0 Å². The molecule has 6 N–H and O–H groups in total.